The fraction of sp³-hybridized carbons (Fsp3) is 0.500. The third-order valence-corrected chi connectivity index (χ3v) is 8.80. The summed E-state index contributed by atoms with van der Waals surface area (Å²) in [6.07, 6.45) is 1.89. The maximum atomic E-state index is 12.8. The van der Waals surface area contributed by atoms with Gasteiger partial charge in [0.25, 0.3) is 0 Å². The molecule has 0 radical (unpaired) electrons. The van der Waals surface area contributed by atoms with Crippen LogP contribution in [0, 0.1) is 0 Å². The normalized spacial score (nSPS) is 20.4. The smallest absolute Gasteiger partial charge is 0.410 e. The number of methoxy groups -OCH3 is 1. The second-order valence-corrected chi connectivity index (χ2v) is 13.2. The van der Waals surface area contributed by atoms with Crippen molar-refractivity contribution in [3.05, 3.63) is 60.2 Å². The van der Waals surface area contributed by atoms with Crippen molar-refractivity contribution in [2.75, 3.05) is 68.7 Å². The number of anilines is 3. The lowest BCUT2D eigenvalue weighted by molar-refractivity contribution is 0.0123. The van der Waals surface area contributed by atoms with Crippen molar-refractivity contribution in [1.29, 1.82) is 0 Å². The van der Waals surface area contributed by atoms with Crippen LogP contribution in [0.4, 0.5) is 22.0 Å². The molecule has 2 unspecified atom stereocenters. The average molecular weight is 616 g/mol. The fourth-order valence-corrected chi connectivity index (χ4v) is 6.65. The minimum absolute atomic E-state index is 0.157. The molecule has 2 bridgehead atoms. The number of rotatable bonds is 8. The molecule has 2 atom stereocenters. The van der Waals surface area contributed by atoms with E-state index in [1.54, 1.807) is 7.11 Å². The zero-order valence-electron chi connectivity index (χ0n) is 26.8. The molecule has 0 spiro atoms. The average Bonchev–Trinajstić information content (AvgIpc) is 3.30. The van der Waals surface area contributed by atoms with Crippen molar-refractivity contribution in [1.82, 2.24) is 20.0 Å². The van der Waals surface area contributed by atoms with Crippen molar-refractivity contribution < 1.29 is 19.0 Å². The number of carbonyl (C=O) groups excluding carboxylic acids is 1. The molecule has 1 amide bonds. The number of nitrogens with zero attached hydrogens (tertiary/aromatic N) is 6. The first-order valence-corrected chi connectivity index (χ1v) is 15.9. The van der Waals surface area contributed by atoms with Gasteiger partial charge in [-0.1, -0.05) is 24.3 Å². The number of carbonyl (C=O) groups is 1. The van der Waals surface area contributed by atoms with Crippen LogP contribution >= 0.6 is 0 Å². The summed E-state index contributed by atoms with van der Waals surface area (Å²) in [6, 6.07) is 19.1. The number of para-hydroxylation sites is 1. The van der Waals surface area contributed by atoms with E-state index >= 15 is 0 Å². The molecule has 0 saturated carbocycles. The van der Waals surface area contributed by atoms with E-state index in [4.69, 9.17) is 19.9 Å². The molecule has 3 fully saturated rings. The number of hydrogen-bond acceptors (Lipinski definition) is 10. The minimum atomic E-state index is -0.476. The SMILES string of the molecule is COCOc1ccccc1-c1cc(N2CCN(Cc3ccc(N4CC5CCC(C4)N5C(=O)OC(C)(C)C)cc3)CC2)c(N)nn1. The molecule has 0 aliphatic carbocycles. The first-order valence-electron chi connectivity index (χ1n) is 15.9. The van der Waals surface area contributed by atoms with Gasteiger partial charge in [-0.15, -0.1) is 10.2 Å². The maximum absolute atomic E-state index is 12.8. The lowest BCUT2D eigenvalue weighted by Crippen LogP contribution is -2.56. The molecule has 2 aromatic carbocycles. The summed E-state index contributed by atoms with van der Waals surface area (Å²) in [5, 5.41) is 8.64. The first kappa shape index (κ1) is 30.9. The number of fused-ring (bicyclic) bond motifs is 2. The number of ether oxygens (including phenoxy) is 3. The Balaban J connectivity index is 1.04. The van der Waals surface area contributed by atoms with Crippen LogP contribution in [0.15, 0.2) is 54.6 Å². The van der Waals surface area contributed by atoms with Crippen LogP contribution in [0.3, 0.4) is 0 Å². The molecule has 240 valence electrons. The molecule has 11 nitrogen and oxygen atoms in total. The van der Waals surface area contributed by atoms with Gasteiger partial charge in [0.05, 0.1) is 23.5 Å². The molecular weight excluding hydrogens is 570 g/mol. The topological polar surface area (TPSA) is 110 Å². The largest absolute Gasteiger partial charge is 0.467 e. The Kier molecular flexibility index (Phi) is 9.00. The summed E-state index contributed by atoms with van der Waals surface area (Å²) < 4.78 is 16.5. The maximum Gasteiger partial charge on any atom is 0.410 e. The quantitative estimate of drug-likeness (QED) is 0.361. The van der Waals surface area contributed by atoms with E-state index in [1.165, 1.54) is 11.3 Å². The zero-order valence-corrected chi connectivity index (χ0v) is 26.8. The Morgan fingerprint density at radius 2 is 1.62 bits per heavy atom. The van der Waals surface area contributed by atoms with Crippen LogP contribution in [0.1, 0.15) is 39.2 Å². The second-order valence-electron chi connectivity index (χ2n) is 13.2. The highest BCUT2D eigenvalue weighted by Gasteiger charge is 2.44. The Morgan fingerprint density at radius 1 is 0.933 bits per heavy atom. The second kappa shape index (κ2) is 13.1. The van der Waals surface area contributed by atoms with Gasteiger partial charge in [0.15, 0.2) is 12.6 Å². The minimum Gasteiger partial charge on any atom is -0.467 e. The van der Waals surface area contributed by atoms with Crippen LogP contribution in [0.2, 0.25) is 0 Å². The highest BCUT2D eigenvalue weighted by Crippen LogP contribution is 2.35. The summed E-state index contributed by atoms with van der Waals surface area (Å²) in [5.41, 5.74) is 10.8. The third kappa shape index (κ3) is 7.10. The van der Waals surface area contributed by atoms with E-state index in [-0.39, 0.29) is 25.0 Å². The van der Waals surface area contributed by atoms with Gasteiger partial charge in [-0.3, -0.25) is 9.80 Å². The Hall–Kier alpha value is -4.09. The van der Waals surface area contributed by atoms with Crippen LogP contribution in [0.5, 0.6) is 5.75 Å². The standard InChI is InChI=1S/C34H45N7O4/c1-34(2,3)45-33(42)41-26-13-14-27(41)22-40(21-26)25-11-9-24(10-12-25)20-38-15-17-39(18-16-38)30-19-29(36-37-32(30)35)28-7-5-6-8-31(28)44-23-43-4/h5-12,19,26-27H,13-18,20-23H2,1-4H3,(H2,35,37). The zero-order chi connectivity index (χ0) is 31.6. The van der Waals surface area contributed by atoms with Crippen molar-refractivity contribution in [3.8, 4) is 17.0 Å². The first-order chi connectivity index (χ1) is 21.7. The predicted octanol–water partition coefficient (Wildman–Crippen LogP) is 4.62. The molecule has 3 aliphatic heterocycles. The number of amides is 1. The van der Waals surface area contributed by atoms with Gasteiger partial charge >= 0.3 is 6.09 Å². The van der Waals surface area contributed by atoms with Crippen LogP contribution in [-0.2, 0) is 16.0 Å². The lowest BCUT2D eigenvalue weighted by atomic mass is 10.1. The van der Waals surface area contributed by atoms with E-state index < -0.39 is 5.60 Å². The van der Waals surface area contributed by atoms with Crippen LogP contribution < -0.4 is 20.3 Å². The monoisotopic (exact) mass is 615 g/mol. The Morgan fingerprint density at radius 3 is 2.29 bits per heavy atom. The van der Waals surface area contributed by atoms with Crippen molar-refractivity contribution in [3.63, 3.8) is 0 Å². The van der Waals surface area contributed by atoms with Crippen molar-refractivity contribution in [2.45, 2.75) is 57.8 Å². The van der Waals surface area contributed by atoms with E-state index in [0.29, 0.717) is 17.3 Å². The lowest BCUT2D eigenvalue weighted by Gasteiger charge is -2.42. The Labute approximate surface area is 265 Å². The van der Waals surface area contributed by atoms with Gasteiger partial charge in [0, 0.05) is 64.2 Å². The number of hydrogen-bond donors (Lipinski definition) is 1. The molecule has 3 aromatic rings. The van der Waals surface area contributed by atoms with E-state index in [1.807, 2.05) is 56.0 Å². The molecular formula is C34H45N7O4. The van der Waals surface area contributed by atoms with Gasteiger partial charge in [-0.2, -0.15) is 0 Å². The molecule has 1 aromatic heterocycles. The number of piperazine rings is 2. The number of nitrogen functional groups attached to an aromatic ring is 1. The highest BCUT2D eigenvalue weighted by atomic mass is 16.7. The molecule has 3 saturated heterocycles. The molecule has 4 heterocycles. The van der Waals surface area contributed by atoms with Crippen molar-refractivity contribution >= 4 is 23.3 Å². The van der Waals surface area contributed by atoms with Gasteiger partial charge in [-0.05, 0) is 69.5 Å². The highest BCUT2D eigenvalue weighted by molar-refractivity contribution is 5.74. The molecule has 11 heteroatoms. The summed E-state index contributed by atoms with van der Waals surface area (Å²) in [5.74, 6) is 1.12. The third-order valence-electron chi connectivity index (χ3n) is 8.80. The van der Waals surface area contributed by atoms with Crippen molar-refractivity contribution in [2.24, 2.45) is 0 Å². The summed E-state index contributed by atoms with van der Waals surface area (Å²) in [6.45, 7) is 12.1. The van der Waals surface area contributed by atoms with E-state index in [0.717, 1.165) is 69.9 Å². The number of aromatic nitrogens is 2. The van der Waals surface area contributed by atoms with Gasteiger partial charge in [-0.25, -0.2) is 4.79 Å². The Bertz CT molecular complexity index is 1460. The van der Waals surface area contributed by atoms with Crippen LogP contribution in [0.25, 0.3) is 11.3 Å². The predicted molar refractivity (Wildman–Crippen MR) is 175 cm³/mol. The molecule has 6 rings (SSSR count). The van der Waals surface area contributed by atoms with Gasteiger partial charge in [0.2, 0.25) is 0 Å². The van der Waals surface area contributed by atoms with E-state index in [2.05, 4.69) is 49.2 Å². The number of nitrogens with two attached hydrogens (primary N) is 1. The molecule has 3 aliphatic rings. The summed E-state index contributed by atoms with van der Waals surface area (Å²) >= 11 is 0. The van der Waals surface area contributed by atoms with Crippen LogP contribution in [-0.4, -0.2) is 96.9 Å². The molecule has 45 heavy (non-hydrogen) atoms. The van der Waals surface area contributed by atoms with E-state index in [9.17, 15) is 4.79 Å². The summed E-state index contributed by atoms with van der Waals surface area (Å²) in [4.78, 5) is 22.0. The molecule has 2 N–H and O–H groups in total. The number of benzene rings is 2. The fourth-order valence-electron chi connectivity index (χ4n) is 6.65. The summed E-state index contributed by atoms with van der Waals surface area (Å²) in [7, 11) is 1.60. The van der Waals surface area contributed by atoms with Gasteiger partial charge in [0.1, 0.15) is 11.4 Å². The van der Waals surface area contributed by atoms with Gasteiger partial charge < -0.3 is 29.7 Å².